The van der Waals surface area contributed by atoms with Gasteiger partial charge in [0.15, 0.2) is 5.78 Å². The van der Waals surface area contributed by atoms with Gasteiger partial charge in [-0.3, -0.25) is 4.79 Å². The van der Waals surface area contributed by atoms with Crippen LogP contribution in [0.1, 0.15) is 75.4 Å². The van der Waals surface area contributed by atoms with Crippen molar-refractivity contribution < 1.29 is 4.79 Å². The highest BCUT2D eigenvalue weighted by molar-refractivity contribution is 5.99. The first-order chi connectivity index (χ1) is 13.8. The smallest absolute Gasteiger partial charge is 0.165 e. The summed E-state index contributed by atoms with van der Waals surface area (Å²) in [5.74, 6) is 2.00. The highest BCUT2D eigenvalue weighted by Crippen LogP contribution is 2.26. The number of ketones is 1. The second-order valence-electron chi connectivity index (χ2n) is 8.11. The summed E-state index contributed by atoms with van der Waals surface area (Å²) in [7, 11) is 0. The summed E-state index contributed by atoms with van der Waals surface area (Å²) in [6, 6.07) is 3.62. The van der Waals surface area contributed by atoms with Crippen LogP contribution >= 0.6 is 0 Å². The minimum Gasteiger partial charge on any atom is -0.294 e. The van der Waals surface area contributed by atoms with E-state index >= 15 is 0 Å². The average molecular weight is 390 g/mol. The molecule has 0 aliphatic heterocycles. The van der Waals surface area contributed by atoms with Gasteiger partial charge in [0, 0.05) is 59.2 Å². The zero-order chi connectivity index (χ0) is 21.1. The number of pyridine rings is 1. The Morgan fingerprint density at radius 2 is 1.07 bits per heavy atom. The minimum absolute atomic E-state index is 0.0642. The first kappa shape index (κ1) is 20.7. The van der Waals surface area contributed by atoms with Crippen molar-refractivity contribution in [2.45, 2.75) is 53.4 Å². The van der Waals surface area contributed by atoms with Gasteiger partial charge in [0.05, 0.1) is 11.4 Å². The molecule has 0 fully saturated rings. The highest BCUT2D eigenvalue weighted by atomic mass is 16.1. The van der Waals surface area contributed by atoms with E-state index in [4.69, 9.17) is 4.98 Å². The Labute approximate surface area is 171 Å². The quantitative estimate of drug-likeness (QED) is 0.547. The number of aromatic nitrogens is 5. The maximum atomic E-state index is 12.7. The van der Waals surface area contributed by atoms with Crippen molar-refractivity contribution in [3.05, 3.63) is 54.1 Å². The third kappa shape index (κ3) is 4.70. The SMILES string of the molecule is CC(C)C(=O)c1cc(-c2cnc(C(C)C)nc2)nc(-c2cnc(C(C)C)nc2)c1. The molecule has 0 radical (unpaired) electrons. The van der Waals surface area contributed by atoms with Gasteiger partial charge in [-0.25, -0.2) is 24.9 Å². The van der Waals surface area contributed by atoms with Gasteiger partial charge in [-0.2, -0.15) is 0 Å². The molecule has 0 spiro atoms. The zero-order valence-electron chi connectivity index (χ0n) is 17.8. The average Bonchev–Trinajstić information content (AvgIpc) is 2.72. The van der Waals surface area contributed by atoms with Gasteiger partial charge in [-0.05, 0) is 12.1 Å². The zero-order valence-corrected chi connectivity index (χ0v) is 17.8. The van der Waals surface area contributed by atoms with E-state index in [0.29, 0.717) is 17.0 Å². The molecule has 0 amide bonds. The van der Waals surface area contributed by atoms with Gasteiger partial charge in [-0.15, -0.1) is 0 Å². The molecule has 6 nitrogen and oxygen atoms in total. The lowest BCUT2D eigenvalue weighted by Crippen LogP contribution is -2.09. The van der Waals surface area contributed by atoms with Crippen LogP contribution in [-0.2, 0) is 0 Å². The van der Waals surface area contributed by atoms with Gasteiger partial charge in [-0.1, -0.05) is 41.5 Å². The number of Topliss-reactive ketones (excluding diaryl/α,β-unsaturated/α-hetero) is 1. The molecule has 0 aromatic carbocycles. The van der Waals surface area contributed by atoms with E-state index in [1.807, 2.05) is 53.7 Å². The van der Waals surface area contributed by atoms with E-state index < -0.39 is 0 Å². The van der Waals surface area contributed by atoms with Crippen LogP contribution in [-0.4, -0.2) is 30.7 Å². The van der Waals surface area contributed by atoms with E-state index in [1.165, 1.54) is 0 Å². The molecule has 0 N–H and O–H groups in total. The Hall–Kier alpha value is -3.02. The lowest BCUT2D eigenvalue weighted by molar-refractivity contribution is 0.0939. The van der Waals surface area contributed by atoms with Gasteiger partial charge in [0.25, 0.3) is 0 Å². The van der Waals surface area contributed by atoms with Crippen LogP contribution < -0.4 is 0 Å². The fourth-order valence-corrected chi connectivity index (χ4v) is 2.84. The topological polar surface area (TPSA) is 81.5 Å². The van der Waals surface area contributed by atoms with E-state index in [1.54, 1.807) is 24.8 Å². The molecule has 6 heteroatoms. The standard InChI is InChI=1S/C23H27N5O/c1-13(2)21(29)16-7-19(17-9-24-22(14(3)4)25-10-17)28-20(8-16)18-11-26-23(15(5)6)27-12-18/h7-15H,1-6H3. The van der Waals surface area contributed by atoms with Crippen molar-refractivity contribution in [1.29, 1.82) is 0 Å². The molecule has 29 heavy (non-hydrogen) atoms. The summed E-state index contributed by atoms with van der Waals surface area (Å²) in [5, 5.41) is 0. The molecule has 0 unspecified atom stereocenters. The summed E-state index contributed by atoms with van der Waals surface area (Å²) >= 11 is 0. The predicted molar refractivity (Wildman–Crippen MR) is 114 cm³/mol. The largest absolute Gasteiger partial charge is 0.294 e. The molecule has 0 aliphatic carbocycles. The summed E-state index contributed by atoms with van der Waals surface area (Å²) in [4.78, 5) is 35.2. The van der Waals surface area contributed by atoms with Gasteiger partial charge in [0.2, 0.25) is 0 Å². The van der Waals surface area contributed by atoms with E-state index in [0.717, 1.165) is 22.8 Å². The molecular formula is C23H27N5O. The van der Waals surface area contributed by atoms with Crippen molar-refractivity contribution in [3.63, 3.8) is 0 Å². The summed E-state index contributed by atoms with van der Waals surface area (Å²) in [6.07, 6.45) is 7.04. The Kier molecular flexibility index (Phi) is 6.11. The van der Waals surface area contributed by atoms with E-state index in [2.05, 4.69) is 19.9 Å². The first-order valence-corrected chi connectivity index (χ1v) is 9.97. The van der Waals surface area contributed by atoms with Crippen LogP contribution in [0.3, 0.4) is 0 Å². The summed E-state index contributed by atoms with van der Waals surface area (Å²) in [5.41, 5.74) is 3.48. The predicted octanol–water partition coefficient (Wildman–Crippen LogP) is 5.08. The van der Waals surface area contributed by atoms with Crippen LogP contribution in [0.25, 0.3) is 22.5 Å². The fourth-order valence-electron chi connectivity index (χ4n) is 2.84. The molecule has 0 bridgehead atoms. The monoisotopic (exact) mass is 389 g/mol. The molecule has 0 aliphatic rings. The maximum absolute atomic E-state index is 12.7. The van der Waals surface area contributed by atoms with Crippen molar-refractivity contribution in [3.8, 4) is 22.5 Å². The van der Waals surface area contributed by atoms with E-state index in [9.17, 15) is 4.79 Å². The highest BCUT2D eigenvalue weighted by Gasteiger charge is 2.16. The van der Waals surface area contributed by atoms with Crippen LogP contribution in [0.2, 0.25) is 0 Å². The normalized spacial score (nSPS) is 11.5. The Morgan fingerprint density at radius 3 is 1.38 bits per heavy atom. The first-order valence-electron chi connectivity index (χ1n) is 9.97. The molecule has 3 aromatic rings. The summed E-state index contributed by atoms with van der Waals surface area (Å²) in [6.45, 7) is 12.0. The van der Waals surface area contributed by atoms with Crippen LogP contribution in [0, 0.1) is 5.92 Å². The summed E-state index contributed by atoms with van der Waals surface area (Å²) < 4.78 is 0. The lowest BCUT2D eigenvalue weighted by Gasteiger charge is -2.11. The molecule has 150 valence electrons. The molecule has 0 atom stereocenters. The van der Waals surface area contributed by atoms with Gasteiger partial charge in [0.1, 0.15) is 11.6 Å². The number of hydrogen-bond donors (Lipinski definition) is 0. The Bertz CT molecular complexity index is 923. The third-order valence-corrected chi connectivity index (χ3v) is 4.60. The number of carbonyl (C=O) groups is 1. The molecular weight excluding hydrogens is 362 g/mol. The number of hydrogen-bond acceptors (Lipinski definition) is 6. The number of rotatable bonds is 6. The fraction of sp³-hybridized carbons (Fsp3) is 0.391. The Morgan fingerprint density at radius 1 is 0.690 bits per heavy atom. The van der Waals surface area contributed by atoms with Crippen molar-refractivity contribution in [1.82, 2.24) is 24.9 Å². The van der Waals surface area contributed by atoms with Crippen LogP contribution in [0.4, 0.5) is 0 Å². The van der Waals surface area contributed by atoms with Crippen molar-refractivity contribution >= 4 is 5.78 Å². The second kappa shape index (κ2) is 8.55. The molecule has 3 heterocycles. The van der Waals surface area contributed by atoms with Crippen LogP contribution in [0.15, 0.2) is 36.9 Å². The molecule has 0 saturated carbocycles. The number of nitrogens with zero attached hydrogens (tertiary/aromatic N) is 5. The van der Waals surface area contributed by atoms with Crippen molar-refractivity contribution in [2.24, 2.45) is 5.92 Å². The van der Waals surface area contributed by atoms with E-state index in [-0.39, 0.29) is 23.5 Å². The molecule has 3 aromatic heterocycles. The van der Waals surface area contributed by atoms with Gasteiger partial charge < -0.3 is 0 Å². The Balaban J connectivity index is 2.09. The number of carbonyl (C=O) groups excluding carboxylic acids is 1. The molecule has 3 rings (SSSR count). The van der Waals surface area contributed by atoms with Crippen LogP contribution in [0.5, 0.6) is 0 Å². The molecule has 0 saturated heterocycles. The lowest BCUT2D eigenvalue weighted by atomic mass is 9.98. The second-order valence-corrected chi connectivity index (χ2v) is 8.11. The maximum Gasteiger partial charge on any atom is 0.165 e. The van der Waals surface area contributed by atoms with Crippen molar-refractivity contribution in [2.75, 3.05) is 0 Å². The minimum atomic E-state index is -0.114. The van der Waals surface area contributed by atoms with Gasteiger partial charge >= 0.3 is 0 Å². The third-order valence-electron chi connectivity index (χ3n) is 4.60.